The van der Waals surface area contributed by atoms with Crippen LogP contribution in [0, 0.1) is 11.8 Å². The maximum absolute atomic E-state index is 10.3. The molecule has 1 aromatic rings. The summed E-state index contributed by atoms with van der Waals surface area (Å²) in [5.41, 5.74) is 0.323. The molecular weight excluding hydrogens is 164 g/mol. The highest BCUT2D eigenvalue weighted by Crippen LogP contribution is 2.65. The lowest BCUT2D eigenvalue weighted by Crippen LogP contribution is -2.14. The van der Waals surface area contributed by atoms with E-state index in [1.807, 2.05) is 19.3 Å². The molecular formula is C10H14N2O. The quantitative estimate of drug-likeness (QED) is 0.697. The van der Waals surface area contributed by atoms with Crippen molar-refractivity contribution in [3.8, 4) is 0 Å². The molecule has 2 saturated carbocycles. The summed E-state index contributed by atoms with van der Waals surface area (Å²) in [7, 11) is 1.89. The van der Waals surface area contributed by atoms with Crippen LogP contribution in [0.4, 0.5) is 0 Å². The van der Waals surface area contributed by atoms with Crippen molar-refractivity contribution in [2.75, 3.05) is 0 Å². The second-order valence-electron chi connectivity index (χ2n) is 4.34. The van der Waals surface area contributed by atoms with E-state index in [2.05, 4.69) is 5.10 Å². The van der Waals surface area contributed by atoms with Gasteiger partial charge < -0.3 is 5.11 Å². The zero-order valence-corrected chi connectivity index (χ0v) is 7.77. The van der Waals surface area contributed by atoms with Crippen LogP contribution in [0.1, 0.15) is 25.0 Å². The van der Waals surface area contributed by atoms with E-state index in [4.69, 9.17) is 0 Å². The van der Waals surface area contributed by atoms with Gasteiger partial charge in [0.2, 0.25) is 0 Å². The van der Waals surface area contributed by atoms with Crippen molar-refractivity contribution in [3.05, 3.63) is 18.0 Å². The van der Waals surface area contributed by atoms with Gasteiger partial charge in [0.15, 0.2) is 0 Å². The Hall–Kier alpha value is -0.830. The molecule has 13 heavy (non-hydrogen) atoms. The highest BCUT2D eigenvalue weighted by molar-refractivity contribution is 5.27. The van der Waals surface area contributed by atoms with Crippen molar-refractivity contribution < 1.29 is 5.11 Å². The molecule has 3 nitrogen and oxygen atoms in total. The Morgan fingerprint density at radius 3 is 2.77 bits per heavy atom. The number of aliphatic hydroxyl groups is 1. The highest BCUT2D eigenvalue weighted by Gasteiger charge is 2.67. The first kappa shape index (κ1) is 7.56. The molecule has 0 aliphatic heterocycles. The normalized spacial score (nSPS) is 42.0. The van der Waals surface area contributed by atoms with Crippen LogP contribution in [0.3, 0.4) is 0 Å². The summed E-state index contributed by atoms with van der Waals surface area (Å²) in [6.07, 6.45) is 5.54. The molecule has 2 atom stereocenters. The van der Waals surface area contributed by atoms with Gasteiger partial charge in [-0.05, 0) is 30.7 Å². The average Bonchev–Trinajstić information content (AvgIpc) is 2.61. The molecule has 0 radical (unpaired) electrons. The second-order valence-corrected chi connectivity index (χ2v) is 4.34. The third-order valence-corrected chi connectivity index (χ3v) is 3.66. The minimum atomic E-state index is -0.556. The number of rotatable bonds is 1. The van der Waals surface area contributed by atoms with E-state index in [1.165, 1.54) is 19.3 Å². The van der Waals surface area contributed by atoms with Gasteiger partial charge in [0.05, 0.1) is 5.69 Å². The Bertz CT molecular complexity index is 334. The number of hydrogen-bond donors (Lipinski definition) is 1. The van der Waals surface area contributed by atoms with Gasteiger partial charge in [0, 0.05) is 13.2 Å². The first-order chi connectivity index (χ1) is 6.23. The van der Waals surface area contributed by atoms with Gasteiger partial charge in [-0.3, -0.25) is 4.68 Å². The molecule has 2 unspecified atom stereocenters. The average molecular weight is 178 g/mol. The summed E-state index contributed by atoms with van der Waals surface area (Å²) in [6.45, 7) is 0. The van der Waals surface area contributed by atoms with Crippen LogP contribution < -0.4 is 0 Å². The van der Waals surface area contributed by atoms with E-state index in [0.29, 0.717) is 11.8 Å². The fraction of sp³-hybridized carbons (Fsp3) is 0.700. The molecule has 0 saturated heterocycles. The van der Waals surface area contributed by atoms with Crippen molar-refractivity contribution in [2.24, 2.45) is 18.9 Å². The Morgan fingerprint density at radius 1 is 1.54 bits per heavy atom. The number of aromatic nitrogens is 2. The smallest absolute Gasteiger partial charge is 0.115 e. The van der Waals surface area contributed by atoms with Gasteiger partial charge >= 0.3 is 0 Å². The zero-order chi connectivity index (χ0) is 9.05. The molecule has 3 rings (SSSR count). The third-order valence-electron chi connectivity index (χ3n) is 3.66. The van der Waals surface area contributed by atoms with Gasteiger partial charge in [0.25, 0.3) is 0 Å². The van der Waals surface area contributed by atoms with Crippen molar-refractivity contribution in [3.63, 3.8) is 0 Å². The fourth-order valence-corrected chi connectivity index (χ4v) is 2.93. The summed E-state index contributed by atoms with van der Waals surface area (Å²) in [6, 6.07) is 1.94. The molecule has 1 aromatic heterocycles. The Morgan fingerprint density at radius 2 is 2.23 bits per heavy atom. The Labute approximate surface area is 77.4 Å². The summed E-state index contributed by atoms with van der Waals surface area (Å²) in [4.78, 5) is 0. The molecule has 1 N–H and O–H groups in total. The molecule has 2 aliphatic carbocycles. The minimum Gasteiger partial charge on any atom is -0.383 e. The van der Waals surface area contributed by atoms with E-state index < -0.39 is 5.60 Å². The molecule has 3 heteroatoms. The van der Waals surface area contributed by atoms with Gasteiger partial charge in [-0.25, -0.2) is 0 Å². The lowest BCUT2D eigenvalue weighted by molar-refractivity contribution is 0.1000. The van der Waals surface area contributed by atoms with Crippen LogP contribution >= 0.6 is 0 Å². The van der Waals surface area contributed by atoms with Crippen LogP contribution in [0.5, 0.6) is 0 Å². The summed E-state index contributed by atoms with van der Waals surface area (Å²) in [5, 5.41) is 14.6. The second kappa shape index (κ2) is 2.15. The van der Waals surface area contributed by atoms with Gasteiger partial charge in [-0.2, -0.15) is 5.10 Å². The lowest BCUT2D eigenvalue weighted by atomic mass is 10.1. The molecule has 0 bridgehead atoms. The van der Waals surface area contributed by atoms with Gasteiger partial charge in [-0.1, -0.05) is 6.42 Å². The van der Waals surface area contributed by atoms with E-state index in [9.17, 15) is 5.11 Å². The van der Waals surface area contributed by atoms with Crippen molar-refractivity contribution in [2.45, 2.75) is 24.9 Å². The lowest BCUT2D eigenvalue weighted by Gasteiger charge is -2.10. The van der Waals surface area contributed by atoms with Crippen molar-refractivity contribution in [1.82, 2.24) is 9.78 Å². The van der Waals surface area contributed by atoms with Crippen LogP contribution in [-0.2, 0) is 12.6 Å². The highest BCUT2D eigenvalue weighted by atomic mass is 16.3. The number of nitrogens with zero attached hydrogens (tertiary/aromatic N) is 2. The zero-order valence-electron chi connectivity index (χ0n) is 7.77. The monoisotopic (exact) mass is 178 g/mol. The molecule has 2 fully saturated rings. The molecule has 70 valence electrons. The van der Waals surface area contributed by atoms with E-state index >= 15 is 0 Å². The van der Waals surface area contributed by atoms with Gasteiger partial charge in [0.1, 0.15) is 5.60 Å². The summed E-state index contributed by atoms with van der Waals surface area (Å²) in [5.74, 6) is 1.00. The van der Waals surface area contributed by atoms with Crippen LogP contribution in [-0.4, -0.2) is 14.9 Å². The maximum Gasteiger partial charge on any atom is 0.115 e. The first-order valence-corrected chi connectivity index (χ1v) is 4.95. The predicted octanol–water partition coefficient (Wildman–Crippen LogP) is 1.04. The molecule has 1 heterocycles. The van der Waals surface area contributed by atoms with Crippen molar-refractivity contribution in [1.29, 1.82) is 0 Å². The van der Waals surface area contributed by atoms with Crippen LogP contribution in [0.25, 0.3) is 0 Å². The SMILES string of the molecule is Cn1ccc(C2(O)C3CCCC32)n1. The Kier molecular flexibility index (Phi) is 1.25. The Balaban J connectivity index is 1.95. The van der Waals surface area contributed by atoms with Crippen molar-refractivity contribution >= 4 is 0 Å². The molecule has 2 aliphatic rings. The van der Waals surface area contributed by atoms with E-state index in [-0.39, 0.29) is 0 Å². The minimum absolute atomic E-state index is 0.502. The standard InChI is InChI=1S/C10H14N2O/c1-12-6-5-9(11-12)10(13)7-3-2-4-8(7)10/h5-8,13H,2-4H2,1H3. The summed E-state index contributed by atoms with van der Waals surface area (Å²) >= 11 is 0. The third kappa shape index (κ3) is 0.804. The number of aryl methyl sites for hydroxylation is 1. The molecule has 0 aromatic carbocycles. The maximum atomic E-state index is 10.3. The topological polar surface area (TPSA) is 38.0 Å². The summed E-state index contributed by atoms with van der Waals surface area (Å²) < 4.78 is 1.77. The molecule has 0 amide bonds. The van der Waals surface area contributed by atoms with Gasteiger partial charge in [-0.15, -0.1) is 0 Å². The predicted molar refractivity (Wildman–Crippen MR) is 47.9 cm³/mol. The first-order valence-electron chi connectivity index (χ1n) is 4.95. The largest absolute Gasteiger partial charge is 0.383 e. The van der Waals surface area contributed by atoms with E-state index in [1.54, 1.807) is 4.68 Å². The van der Waals surface area contributed by atoms with Crippen LogP contribution in [0.2, 0.25) is 0 Å². The van der Waals surface area contributed by atoms with E-state index in [0.717, 1.165) is 5.69 Å². The molecule has 0 spiro atoms. The number of hydrogen-bond acceptors (Lipinski definition) is 2. The van der Waals surface area contributed by atoms with Crippen LogP contribution in [0.15, 0.2) is 12.3 Å². The fourth-order valence-electron chi connectivity index (χ4n) is 2.93. The number of fused-ring (bicyclic) bond motifs is 1.